The average Bonchev–Trinajstić information content (AvgIpc) is 3.21. The Labute approximate surface area is 136 Å². The summed E-state index contributed by atoms with van der Waals surface area (Å²) in [6, 6.07) is 14.7. The molecule has 0 aliphatic rings. The number of para-hydroxylation sites is 1. The van der Waals surface area contributed by atoms with Crippen molar-refractivity contribution >= 4 is 22.6 Å². The molecule has 4 aromatic rings. The highest BCUT2D eigenvalue weighted by Crippen LogP contribution is 2.16. The second-order valence-corrected chi connectivity index (χ2v) is 5.30. The second-order valence-electron chi connectivity index (χ2n) is 5.30. The molecule has 0 radical (unpaired) electrons. The fraction of sp³-hybridized carbons (Fsp3) is 0. The molecule has 4 rings (SSSR count). The predicted octanol–water partition coefficient (Wildman–Crippen LogP) is 2.29. The third kappa shape index (κ3) is 2.58. The molecule has 0 atom stereocenters. The van der Waals surface area contributed by atoms with Crippen LogP contribution in [0.2, 0.25) is 0 Å². The van der Waals surface area contributed by atoms with Crippen molar-refractivity contribution < 1.29 is 4.79 Å². The summed E-state index contributed by atoms with van der Waals surface area (Å²) in [5.41, 5.74) is 2.96. The molecular weight excluding hydrogens is 306 g/mol. The maximum Gasteiger partial charge on any atom is 0.323 e. The van der Waals surface area contributed by atoms with Crippen LogP contribution in [-0.4, -0.2) is 25.7 Å². The van der Waals surface area contributed by atoms with Crippen LogP contribution in [0.5, 0.6) is 0 Å². The van der Waals surface area contributed by atoms with Gasteiger partial charge in [-0.1, -0.05) is 18.2 Å². The van der Waals surface area contributed by atoms with E-state index >= 15 is 0 Å². The molecule has 7 heteroatoms. The Balaban J connectivity index is 1.57. The number of nitrogens with one attached hydrogen (secondary N) is 3. The lowest BCUT2D eigenvalue weighted by Gasteiger charge is -2.03. The summed E-state index contributed by atoms with van der Waals surface area (Å²) in [4.78, 5) is 28.9. The number of H-pyrrole nitrogens is 2. The van der Waals surface area contributed by atoms with Crippen LogP contribution in [0.15, 0.2) is 65.7 Å². The van der Waals surface area contributed by atoms with Crippen molar-refractivity contribution in [1.29, 1.82) is 0 Å². The number of rotatable bonds is 3. The lowest BCUT2D eigenvalue weighted by Crippen LogP contribution is -2.11. The zero-order valence-corrected chi connectivity index (χ0v) is 12.5. The number of anilines is 1. The molecular formula is C17H13N5O2. The van der Waals surface area contributed by atoms with Gasteiger partial charge in [-0.3, -0.25) is 4.79 Å². The quantitative estimate of drug-likeness (QED) is 0.540. The molecule has 2 aromatic heterocycles. The lowest BCUT2D eigenvalue weighted by atomic mass is 10.2. The van der Waals surface area contributed by atoms with Gasteiger partial charge in [-0.05, 0) is 30.3 Å². The molecule has 2 heterocycles. The van der Waals surface area contributed by atoms with E-state index in [4.69, 9.17) is 0 Å². The highest BCUT2D eigenvalue weighted by atomic mass is 16.2. The van der Waals surface area contributed by atoms with Gasteiger partial charge in [0.2, 0.25) is 0 Å². The smallest absolute Gasteiger partial charge is 0.322 e. The number of hydrogen-bond acceptors (Lipinski definition) is 3. The highest BCUT2D eigenvalue weighted by Gasteiger charge is 2.10. The number of aromatic nitrogens is 4. The molecule has 2 aromatic carbocycles. The second kappa shape index (κ2) is 5.54. The summed E-state index contributed by atoms with van der Waals surface area (Å²) in [7, 11) is 0. The molecule has 0 unspecified atom stereocenters. The molecule has 0 spiro atoms. The summed E-state index contributed by atoms with van der Waals surface area (Å²) in [5.74, 6) is -0.269. The molecule has 3 N–H and O–H groups in total. The average molecular weight is 319 g/mol. The van der Waals surface area contributed by atoms with E-state index < -0.39 is 0 Å². The monoisotopic (exact) mass is 319 g/mol. The molecule has 1 amide bonds. The van der Waals surface area contributed by atoms with Crippen LogP contribution in [0, 0.1) is 0 Å². The number of fused-ring (bicyclic) bond motifs is 1. The van der Waals surface area contributed by atoms with E-state index in [1.54, 1.807) is 29.1 Å². The van der Waals surface area contributed by atoms with Gasteiger partial charge in [0, 0.05) is 11.9 Å². The maximum atomic E-state index is 12.4. The standard InChI is InChI=1S/C17H13N5O2/c23-16(11-9-18-22(10-11)13-4-2-1-3-5-13)19-12-6-7-14-15(8-12)21-17(24)20-14/h1-10H,(H,19,23)(H2,20,21,24). The number of aromatic amines is 2. The molecule has 7 nitrogen and oxygen atoms in total. The van der Waals surface area contributed by atoms with Crippen LogP contribution in [-0.2, 0) is 0 Å². The Morgan fingerprint density at radius 1 is 1.04 bits per heavy atom. The molecule has 0 fully saturated rings. The zero-order valence-electron chi connectivity index (χ0n) is 12.5. The van der Waals surface area contributed by atoms with E-state index in [0.717, 1.165) is 5.69 Å². The van der Waals surface area contributed by atoms with Crippen molar-refractivity contribution in [2.45, 2.75) is 0 Å². The van der Waals surface area contributed by atoms with E-state index in [0.29, 0.717) is 22.3 Å². The van der Waals surface area contributed by atoms with Crippen molar-refractivity contribution in [3.63, 3.8) is 0 Å². The van der Waals surface area contributed by atoms with Crippen LogP contribution in [0.3, 0.4) is 0 Å². The Hall–Kier alpha value is -3.61. The van der Waals surface area contributed by atoms with Crippen LogP contribution < -0.4 is 11.0 Å². The van der Waals surface area contributed by atoms with E-state index in [1.165, 1.54) is 6.20 Å². The van der Waals surface area contributed by atoms with Gasteiger partial charge in [-0.25, -0.2) is 9.48 Å². The number of amides is 1. The van der Waals surface area contributed by atoms with Crippen LogP contribution in [0.25, 0.3) is 16.7 Å². The van der Waals surface area contributed by atoms with Crippen LogP contribution >= 0.6 is 0 Å². The SMILES string of the molecule is O=C(Nc1ccc2[nH]c(=O)[nH]c2c1)c1cnn(-c2ccccc2)c1. The topological polar surface area (TPSA) is 95.6 Å². The summed E-state index contributed by atoms with van der Waals surface area (Å²) in [6.07, 6.45) is 3.18. The normalized spacial score (nSPS) is 10.8. The third-order valence-electron chi connectivity index (χ3n) is 3.64. The third-order valence-corrected chi connectivity index (χ3v) is 3.64. The summed E-state index contributed by atoms with van der Waals surface area (Å²) >= 11 is 0. The zero-order chi connectivity index (χ0) is 16.5. The number of nitrogens with zero attached hydrogens (tertiary/aromatic N) is 2. The first-order chi connectivity index (χ1) is 11.7. The van der Waals surface area contributed by atoms with Gasteiger partial charge < -0.3 is 15.3 Å². The fourth-order valence-electron chi connectivity index (χ4n) is 2.48. The number of carbonyl (C=O) groups is 1. The molecule has 0 bridgehead atoms. The Kier molecular flexibility index (Phi) is 3.24. The highest BCUT2D eigenvalue weighted by molar-refractivity contribution is 6.04. The Morgan fingerprint density at radius 3 is 2.67 bits per heavy atom. The van der Waals surface area contributed by atoms with Gasteiger partial charge in [0.15, 0.2) is 0 Å². The minimum absolute atomic E-state index is 0.269. The van der Waals surface area contributed by atoms with E-state index in [-0.39, 0.29) is 11.6 Å². The first kappa shape index (κ1) is 14.0. The first-order valence-electron chi connectivity index (χ1n) is 7.32. The molecule has 118 valence electrons. The van der Waals surface area contributed by atoms with Crippen LogP contribution in [0.1, 0.15) is 10.4 Å². The Bertz CT molecular complexity index is 1080. The number of carbonyl (C=O) groups excluding carboxylic acids is 1. The Morgan fingerprint density at radius 2 is 1.83 bits per heavy atom. The minimum Gasteiger partial charge on any atom is -0.322 e. The van der Waals surface area contributed by atoms with Gasteiger partial charge in [0.1, 0.15) is 0 Å². The summed E-state index contributed by atoms with van der Waals surface area (Å²) in [5, 5.41) is 7.00. The minimum atomic E-state index is -0.280. The van der Waals surface area contributed by atoms with Crippen molar-refractivity contribution in [2.75, 3.05) is 5.32 Å². The first-order valence-corrected chi connectivity index (χ1v) is 7.32. The molecule has 0 saturated carbocycles. The molecule has 24 heavy (non-hydrogen) atoms. The summed E-state index contributed by atoms with van der Waals surface area (Å²) < 4.78 is 1.64. The van der Waals surface area contributed by atoms with E-state index in [2.05, 4.69) is 20.4 Å². The molecule has 0 aliphatic heterocycles. The van der Waals surface area contributed by atoms with Gasteiger partial charge in [-0.15, -0.1) is 0 Å². The van der Waals surface area contributed by atoms with Gasteiger partial charge in [-0.2, -0.15) is 5.10 Å². The lowest BCUT2D eigenvalue weighted by molar-refractivity contribution is 0.102. The predicted molar refractivity (Wildman–Crippen MR) is 90.4 cm³/mol. The van der Waals surface area contributed by atoms with Gasteiger partial charge in [0.05, 0.1) is 28.5 Å². The van der Waals surface area contributed by atoms with Crippen molar-refractivity contribution in [3.05, 3.63) is 77.0 Å². The van der Waals surface area contributed by atoms with Crippen molar-refractivity contribution in [3.8, 4) is 5.69 Å². The van der Waals surface area contributed by atoms with Gasteiger partial charge in [0.25, 0.3) is 5.91 Å². The summed E-state index contributed by atoms with van der Waals surface area (Å²) in [6.45, 7) is 0. The maximum absolute atomic E-state index is 12.4. The number of imidazole rings is 1. The largest absolute Gasteiger partial charge is 0.323 e. The van der Waals surface area contributed by atoms with Crippen molar-refractivity contribution in [2.24, 2.45) is 0 Å². The van der Waals surface area contributed by atoms with Crippen molar-refractivity contribution in [1.82, 2.24) is 19.7 Å². The molecule has 0 aliphatic carbocycles. The fourth-order valence-corrected chi connectivity index (χ4v) is 2.48. The van der Waals surface area contributed by atoms with Crippen LogP contribution in [0.4, 0.5) is 5.69 Å². The number of benzene rings is 2. The van der Waals surface area contributed by atoms with Gasteiger partial charge >= 0.3 is 5.69 Å². The number of hydrogen-bond donors (Lipinski definition) is 3. The van der Waals surface area contributed by atoms with E-state index in [9.17, 15) is 9.59 Å². The molecule has 0 saturated heterocycles. The van der Waals surface area contributed by atoms with E-state index in [1.807, 2.05) is 30.3 Å².